The summed E-state index contributed by atoms with van der Waals surface area (Å²) >= 11 is 0. The zero-order valence-electron chi connectivity index (χ0n) is 14.1. The van der Waals surface area contributed by atoms with Gasteiger partial charge in [0, 0.05) is 5.56 Å². The molecule has 0 amide bonds. The summed E-state index contributed by atoms with van der Waals surface area (Å²) in [6.45, 7) is 0. The summed E-state index contributed by atoms with van der Waals surface area (Å²) < 4.78 is 54.0. The first-order valence-electron chi connectivity index (χ1n) is 7.94. The number of benzene rings is 2. The van der Waals surface area contributed by atoms with Gasteiger partial charge in [-0.05, 0) is 29.3 Å². The highest BCUT2D eigenvalue weighted by Crippen LogP contribution is 2.32. The Kier molecular flexibility index (Phi) is 5.09. The zero-order valence-corrected chi connectivity index (χ0v) is 14.1. The van der Waals surface area contributed by atoms with Crippen LogP contribution < -0.4 is 5.56 Å². The molecule has 0 bridgehead atoms. The van der Waals surface area contributed by atoms with Crippen molar-refractivity contribution in [3.8, 4) is 17.2 Å². The first-order valence-corrected chi connectivity index (χ1v) is 7.94. The van der Waals surface area contributed by atoms with Crippen molar-refractivity contribution < 1.29 is 17.6 Å². The molecule has 0 saturated heterocycles. The molecule has 0 aliphatic heterocycles. The van der Waals surface area contributed by atoms with Gasteiger partial charge in [-0.3, -0.25) is 4.79 Å². The van der Waals surface area contributed by atoms with Gasteiger partial charge in [-0.1, -0.05) is 42.5 Å². The van der Waals surface area contributed by atoms with Crippen LogP contribution in [0.1, 0.15) is 16.8 Å². The van der Waals surface area contributed by atoms with Crippen LogP contribution in [0.4, 0.5) is 17.6 Å². The van der Waals surface area contributed by atoms with Gasteiger partial charge in [-0.15, -0.1) is 0 Å². The highest BCUT2D eigenvalue weighted by molar-refractivity contribution is 5.79. The van der Waals surface area contributed by atoms with E-state index in [2.05, 4.69) is 5.10 Å². The molecule has 0 atom stereocenters. The lowest BCUT2D eigenvalue weighted by Crippen LogP contribution is -2.28. The number of rotatable bonds is 3. The summed E-state index contributed by atoms with van der Waals surface area (Å²) in [6, 6.07) is 15.0. The van der Waals surface area contributed by atoms with Crippen LogP contribution in [0.5, 0.6) is 0 Å². The third kappa shape index (κ3) is 3.83. The summed E-state index contributed by atoms with van der Waals surface area (Å²) in [7, 11) is 0. The Morgan fingerprint density at radius 2 is 1.68 bits per heavy atom. The van der Waals surface area contributed by atoms with E-state index >= 15 is 0 Å². The van der Waals surface area contributed by atoms with E-state index in [1.807, 2.05) is 0 Å². The number of alkyl halides is 3. The fraction of sp³-hybridized carbons (Fsp3) is 0.0500. The fourth-order valence-electron chi connectivity index (χ4n) is 2.55. The Morgan fingerprint density at radius 3 is 2.25 bits per heavy atom. The van der Waals surface area contributed by atoms with Crippen molar-refractivity contribution in [2.24, 2.45) is 5.10 Å². The Bertz CT molecular complexity index is 1130. The van der Waals surface area contributed by atoms with Crippen molar-refractivity contribution in [2.45, 2.75) is 6.18 Å². The van der Waals surface area contributed by atoms with Gasteiger partial charge in [0.05, 0.1) is 6.21 Å². The zero-order chi connectivity index (χ0) is 20.3. The number of hydrogen-bond acceptors (Lipinski definition) is 3. The molecule has 140 valence electrons. The van der Waals surface area contributed by atoms with Crippen LogP contribution in [-0.2, 0) is 6.18 Å². The minimum absolute atomic E-state index is 0.111. The maximum atomic E-state index is 13.6. The van der Waals surface area contributed by atoms with Crippen LogP contribution in [0.15, 0.2) is 70.6 Å². The molecule has 8 heteroatoms. The molecule has 2 aromatic carbocycles. The minimum atomic E-state index is -4.91. The van der Waals surface area contributed by atoms with E-state index in [-0.39, 0.29) is 15.8 Å². The van der Waals surface area contributed by atoms with Crippen molar-refractivity contribution in [1.29, 1.82) is 5.26 Å². The van der Waals surface area contributed by atoms with Gasteiger partial charge in [0.15, 0.2) is 5.69 Å². The second-order valence-electron chi connectivity index (χ2n) is 5.71. The molecule has 0 radical (unpaired) electrons. The van der Waals surface area contributed by atoms with Crippen LogP contribution in [0.2, 0.25) is 0 Å². The van der Waals surface area contributed by atoms with Crippen molar-refractivity contribution >= 4 is 6.21 Å². The van der Waals surface area contributed by atoms with E-state index in [4.69, 9.17) is 0 Å². The number of hydrogen-bond donors (Lipinski definition) is 0. The maximum Gasteiger partial charge on any atom is 0.433 e. The monoisotopic (exact) mass is 385 g/mol. The van der Waals surface area contributed by atoms with E-state index in [0.717, 1.165) is 18.3 Å². The minimum Gasteiger partial charge on any atom is -0.266 e. The SMILES string of the molecule is N#Cc1c(-c2ccc(F)cc2)cc(C(F)(F)F)n(/N=C/c2ccccc2)c1=O. The Hall–Kier alpha value is -3.73. The second-order valence-corrected chi connectivity index (χ2v) is 5.71. The quantitative estimate of drug-likeness (QED) is 0.495. The van der Waals surface area contributed by atoms with Gasteiger partial charge >= 0.3 is 6.18 Å². The normalized spacial score (nSPS) is 11.5. The molecule has 0 aliphatic rings. The van der Waals surface area contributed by atoms with Crippen LogP contribution >= 0.6 is 0 Å². The first kappa shape index (κ1) is 19.0. The highest BCUT2D eigenvalue weighted by atomic mass is 19.4. The van der Waals surface area contributed by atoms with Crippen LogP contribution in [0, 0.1) is 17.1 Å². The summed E-state index contributed by atoms with van der Waals surface area (Å²) in [5, 5.41) is 13.0. The van der Waals surface area contributed by atoms with Gasteiger partial charge in [0.1, 0.15) is 17.4 Å². The van der Waals surface area contributed by atoms with Gasteiger partial charge < -0.3 is 0 Å². The van der Waals surface area contributed by atoms with E-state index in [1.54, 1.807) is 36.4 Å². The Labute approximate surface area is 156 Å². The molecule has 28 heavy (non-hydrogen) atoms. The summed E-state index contributed by atoms with van der Waals surface area (Å²) in [5.41, 5.74) is -2.74. The lowest BCUT2D eigenvalue weighted by Gasteiger charge is -2.14. The lowest BCUT2D eigenvalue weighted by molar-refractivity contribution is -0.143. The van der Waals surface area contributed by atoms with Crippen molar-refractivity contribution in [3.05, 3.63) is 93.7 Å². The Balaban J connectivity index is 2.25. The summed E-state index contributed by atoms with van der Waals surface area (Å²) in [6.07, 6.45) is -3.81. The standard InChI is InChI=1S/C20H11F4N3O/c21-15-8-6-14(7-9-15)16-10-18(20(22,23)24)27(19(28)17(16)11-25)26-12-13-4-2-1-3-5-13/h1-10,12H/b26-12+. The largest absolute Gasteiger partial charge is 0.433 e. The van der Waals surface area contributed by atoms with E-state index < -0.39 is 28.8 Å². The maximum absolute atomic E-state index is 13.6. The lowest BCUT2D eigenvalue weighted by atomic mass is 10.0. The molecule has 1 aromatic heterocycles. The topological polar surface area (TPSA) is 58.1 Å². The molecule has 0 fully saturated rings. The van der Waals surface area contributed by atoms with Crippen LogP contribution in [-0.4, -0.2) is 10.9 Å². The smallest absolute Gasteiger partial charge is 0.266 e. The molecule has 3 aromatic rings. The number of pyridine rings is 1. The molecule has 1 heterocycles. The van der Waals surface area contributed by atoms with Crippen LogP contribution in [0.3, 0.4) is 0 Å². The number of halogens is 4. The average Bonchev–Trinajstić information content (AvgIpc) is 2.67. The number of nitriles is 1. The van der Waals surface area contributed by atoms with Gasteiger partial charge in [0.2, 0.25) is 0 Å². The molecule has 4 nitrogen and oxygen atoms in total. The van der Waals surface area contributed by atoms with Gasteiger partial charge in [-0.25, -0.2) is 4.39 Å². The molecule has 0 N–H and O–H groups in total. The first-order chi connectivity index (χ1) is 13.3. The Morgan fingerprint density at radius 1 is 1.04 bits per heavy atom. The third-order valence-corrected chi connectivity index (χ3v) is 3.86. The van der Waals surface area contributed by atoms with Crippen molar-refractivity contribution in [2.75, 3.05) is 0 Å². The van der Waals surface area contributed by atoms with Crippen LogP contribution in [0.25, 0.3) is 11.1 Å². The van der Waals surface area contributed by atoms with Gasteiger partial charge in [0.25, 0.3) is 5.56 Å². The molecule has 0 aliphatic carbocycles. The van der Waals surface area contributed by atoms with Crippen molar-refractivity contribution in [1.82, 2.24) is 4.68 Å². The molecule has 0 saturated carbocycles. The average molecular weight is 385 g/mol. The predicted molar refractivity (Wildman–Crippen MR) is 95.2 cm³/mol. The number of nitrogens with zero attached hydrogens (tertiary/aromatic N) is 3. The fourth-order valence-corrected chi connectivity index (χ4v) is 2.55. The molecular weight excluding hydrogens is 374 g/mol. The molecule has 0 unspecified atom stereocenters. The van der Waals surface area contributed by atoms with E-state index in [1.165, 1.54) is 12.1 Å². The number of aromatic nitrogens is 1. The van der Waals surface area contributed by atoms with E-state index in [9.17, 15) is 27.6 Å². The molecule has 3 rings (SSSR count). The van der Waals surface area contributed by atoms with Crippen molar-refractivity contribution in [3.63, 3.8) is 0 Å². The molecule has 0 spiro atoms. The highest BCUT2D eigenvalue weighted by Gasteiger charge is 2.36. The third-order valence-electron chi connectivity index (χ3n) is 3.86. The predicted octanol–water partition coefficient (Wildman–Crippen LogP) is 4.43. The van der Waals surface area contributed by atoms with Gasteiger partial charge in [-0.2, -0.15) is 28.2 Å². The van der Waals surface area contributed by atoms with E-state index in [0.29, 0.717) is 11.6 Å². The molecular formula is C20H11F4N3O. The second kappa shape index (κ2) is 7.48. The summed E-state index contributed by atoms with van der Waals surface area (Å²) in [5.74, 6) is -0.598. The summed E-state index contributed by atoms with van der Waals surface area (Å²) in [4.78, 5) is 12.6.